The number of hydrogen-bond acceptors (Lipinski definition) is 3. The zero-order valence-electron chi connectivity index (χ0n) is 15.3. The molecule has 1 aliphatic carbocycles. The van der Waals surface area contributed by atoms with E-state index in [-0.39, 0.29) is 23.5 Å². The van der Waals surface area contributed by atoms with Crippen LogP contribution in [0, 0.1) is 17.3 Å². The molecule has 2 amide bonds. The molecule has 1 aromatic rings. The van der Waals surface area contributed by atoms with Gasteiger partial charge in [-0.15, -0.1) is 0 Å². The number of carbonyl (C=O) groups excluding carboxylic acids is 1. The summed E-state index contributed by atoms with van der Waals surface area (Å²) in [6, 6.07) is 2.39. The summed E-state index contributed by atoms with van der Waals surface area (Å²) in [5.41, 5.74) is 1.11. The number of nitrogens with zero attached hydrogens (tertiary/aromatic N) is 1. The van der Waals surface area contributed by atoms with Gasteiger partial charge in [0.2, 0.25) is 0 Å². The Labute approximate surface area is 139 Å². The van der Waals surface area contributed by atoms with E-state index in [1.807, 2.05) is 13.8 Å². The standard InChI is InChI=1S/C18H31N3O2/c1-11(2)7-15-10-14(21-23-15)8-13-9-16(18(13,5)6)20-17(22)19-12(3)4/h10-13,16H,7-9H2,1-6H3,(H2,19,20,22). The van der Waals surface area contributed by atoms with E-state index in [4.69, 9.17) is 4.52 Å². The van der Waals surface area contributed by atoms with Gasteiger partial charge in [-0.3, -0.25) is 0 Å². The summed E-state index contributed by atoms with van der Waals surface area (Å²) >= 11 is 0. The predicted molar refractivity (Wildman–Crippen MR) is 91.2 cm³/mol. The van der Waals surface area contributed by atoms with Crippen molar-refractivity contribution in [3.05, 3.63) is 17.5 Å². The van der Waals surface area contributed by atoms with Gasteiger partial charge in [0.25, 0.3) is 0 Å². The van der Waals surface area contributed by atoms with Crippen LogP contribution in [0.15, 0.2) is 10.6 Å². The average Bonchev–Trinajstić information content (AvgIpc) is 2.83. The summed E-state index contributed by atoms with van der Waals surface area (Å²) in [6.07, 6.45) is 2.84. The second-order valence-electron chi connectivity index (χ2n) is 8.17. The molecule has 0 radical (unpaired) electrons. The zero-order chi connectivity index (χ0) is 17.2. The third-order valence-electron chi connectivity index (χ3n) is 4.87. The second kappa shape index (κ2) is 6.93. The van der Waals surface area contributed by atoms with E-state index in [1.54, 1.807) is 0 Å². The number of hydrogen-bond donors (Lipinski definition) is 2. The summed E-state index contributed by atoms with van der Waals surface area (Å²) in [4.78, 5) is 11.9. The maximum Gasteiger partial charge on any atom is 0.315 e. The Balaban J connectivity index is 1.86. The van der Waals surface area contributed by atoms with Crippen LogP contribution in [0.25, 0.3) is 0 Å². The third-order valence-corrected chi connectivity index (χ3v) is 4.87. The first kappa shape index (κ1) is 17.8. The van der Waals surface area contributed by atoms with Gasteiger partial charge in [0.1, 0.15) is 5.76 Å². The number of carbonyl (C=O) groups is 1. The minimum absolute atomic E-state index is 0.0721. The summed E-state index contributed by atoms with van der Waals surface area (Å²) < 4.78 is 5.42. The molecule has 1 aliphatic rings. The highest BCUT2D eigenvalue weighted by molar-refractivity contribution is 5.74. The molecule has 2 atom stereocenters. The highest BCUT2D eigenvalue weighted by Crippen LogP contribution is 2.47. The molecule has 0 bridgehead atoms. The number of rotatable bonds is 6. The smallest absolute Gasteiger partial charge is 0.315 e. The first-order chi connectivity index (χ1) is 10.7. The minimum Gasteiger partial charge on any atom is -0.361 e. The first-order valence-corrected chi connectivity index (χ1v) is 8.70. The Kier molecular flexibility index (Phi) is 5.37. The normalized spacial score (nSPS) is 23.0. The van der Waals surface area contributed by atoms with Crippen molar-refractivity contribution in [2.75, 3.05) is 0 Å². The van der Waals surface area contributed by atoms with E-state index < -0.39 is 0 Å². The van der Waals surface area contributed by atoms with Crippen molar-refractivity contribution in [3.8, 4) is 0 Å². The molecule has 2 unspecified atom stereocenters. The Morgan fingerprint density at radius 3 is 2.65 bits per heavy atom. The van der Waals surface area contributed by atoms with Crippen LogP contribution in [0.3, 0.4) is 0 Å². The van der Waals surface area contributed by atoms with Gasteiger partial charge in [-0.2, -0.15) is 0 Å². The van der Waals surface area contributed by atoms with Crippen LogP contribution in [0.2, 0.25) is 0 Å². The molecular formula is C18H31N3O2. The lowest BCUT2D eigenvalue weighted by molar-refractivity contribution is 0.0199. The fourth-order valence-electron chi connectivity index (χ4n) is 3.27. The van der Waals surface area contributed by atoms with Crippen LogP contribution in [0.1, 0.15) is 59.4 Å². The molecule has 0 spiro atoms. The molecule has 1 fully saturated rings. The van der Waals surface area contributed by atoms with Crippen molar-refractivity contribution in [1.82, 2.24) is 15.8 Å². The zero-order valence-corrected chi connectivity index (χ0v) is 15.3. The van der Waals surface area contributed by atoms with Crippen LogP contribution in [-0.2, 0) is 12.8 Å². The van der Waals surface area contributed by atoms with Crippen LogP contribution in [0.5, 0.6) is 0 Å². The van der Waals surface area contributed by atoms with Crippen molar-refractivity contribution in [2.24, 2.45) is 17.3 Å². The molecule has 1 aromatic heterocycles. The topological polar surface area (TPSA) is 67.2 Å². The molecule has 0 aliphatic heterocycles. The van der Waals surface area contributed by atoms with E-state index in [2.05, 4.69) is 49.6 Å². The molecule has 1 saturated carbocycles. The lowest BCUT2D eigenvalue weighted by Crippen LogP contribution is -2.60. The SMILES string of the molecule is CC(C)Cc1cc(CC2CC(NC(=O)NC(C)C)C2(C)C)no1. The lowest BCUT2D eigenvalue weighted by Gasteiger charge is -2.52. The minimum atomic E-state index is -0.0721. The molecule has 23 heavy (non-hydrogen) atoms. The van der Waals surface area contributed by atoms with Crippen LogP contribution in [0.4, 0.5) is 4.79 Å². The van der Waals surface area contributed by atoms with E-state index in [0.717, 1.165) is 30.7 Å². The van der Waals surface area contributed by atoms with E-state index in [0.29, 0.717) is 11.8 Å². The van der Waals surface area contributed by atoms with E-state index >= 15 is 0 Å². The Morgan fingerprint density at radius 2 is 2.09 bits per heavy atom. The molecule has 1 heterocycles. The molecule has 0 saturated heterocycles. The lowest BCUT2D eigenvalue weighted by atomic mass is 9.57. The molecule has 5 heteroatoms. The fourth-order valence-corrected chi connectivity index (χ4v) is 3.27. The van der Waals surface area contributed by atoms with Gasteiger partial charge in [-0.25, -0.2) is 4.79 Å². The Hall–Kier alpha value is -1.52. The number of aromatic nitrogens is 1. The fraction of sp³-hybridized carbons (Fsp3) is 0.778. The van der Waals surface area contributed by atoms with E-state index in [9.17, 15) is 4.79 Å². The van der Waals surface area contributed by atoms with E-state index in [1.165, 1.54) is 0 Å². The van der Waals surface area contributed by atoms with Gasteiger partial charge in [0.15, 0.2) is 0 Å². The van der Waals surface area contributed by atoms with Crippen LogP contribution >= 0.6 is 0 Å². The monoisotopic (exact) mass is 321 g/mol. The average molecular weight is 321 g/mol. The van der Waals surface area contributed by atoms with Crippen molar-refractivity contribution < 1.29 is 9.32 Å². The summed E-state index contributed by atoms with van der Waals surface area (Å²) in [5, 5.41) is 10.2. The first-order valence-electron chi connectivity index (χ1n) is 8.70. The molecule has 2 N–H and O–H groups in total. The maximum atomic E-state index is 11.9. The molecule has 0 aromatic carbocycles. The quantitative estimate of drug-likeness (QED) is 0.842. The Bertz CT molecular complexity index is 534. The second-order valence-corrected chi connectivity index (χ2v) is 8.17. The van der Waals surface area contributed by atoms with Crippen molar-refractivity contribution in [1.29, 1.82) is 0 Å². The highest BCUT2D eigenvalue weighted by atomic mass is 16.5. The third kappa shape index (κ3) is 4.49. The number of amides is 2. The van der Waals surface area contributed by atoms with Gasteiger partial charge >= 0.3 is 6.03 Å². The summed E-state index contributed by atoms with van der Waals surface area (Å²) in [6.45, 7) is 12.7. The summed E-state index contributed by atoms with van der Waals surface area (Å²) in [5.74, 6) is 2.06. The largest absolute Gasteiger partial charge is 0.361 e. The van der Waals surface area contributed by atoms with Gasteiger partial charge in [0, 0.05) is 24.6 Å². The number of nitrogens with one attached hydrogen (secondary N) is 2. The molecule has 130 valence electrons. The van der Waals surface area contributed by atoms with Crippen molar-refractivity contribution in [2.45, 2.75) is 72.9 Å². The van der Waals surface area contributed by atoms with Crippen molar-refractivity contribution >= 4 is 6.03 Å². The van der Waals surface area contributed by atoms with Gasteiger partial charge in [-0.05, 0) is 43.9 Å². The Morgan fingerprint density at radius 1 is 1.39 bits per heavy atom. The highest BCUT2D eigenvalue weighted by Gasteiger charge is 2.48. The number of urea groups is 1. The summed E-state index contributed by atoms with van der Waals surface area (Å²) in [7, 11) is 0. The van der Waals surface area contributed by atoms with Crippen LogP contribution < -0.4 is 10.6 Å². The van der Waals surface area contributed by atoms with Gasteiger partial charge in [-0.1, -0.05) is 32.9 Å². The molecule has 2 rings (SSSR count). The molecule has 5 nitrogen and oxygen atoms in total. The maximum absolute atomic E-state index is 11.9. The predicted octanol–water partition coefficient (Wildman–Crippen LogP) is 3.54. The van der Waals surface area contributed by atoms with Gasteiger partial charge < -0.3 is 15.2 Å². The van der Waals surface area contributed by atoms with Crippen LogP contribution in [-0.4, -0.2) is 23.3 Å². The molecular weight excluding hydrogens is 290 g/mol. The van der Waals surface area contributed by atoms with Gasteiger partial charge in [0.05, 0.1) is 5.69 Å². The van der Waals surface area contributed by atoms with Crippen molar-refractivity contribution in [3.63, 3.8) is 0 Å².